The van der Waals surface area contributed by atoms with Crippen LogP contribution in [0.3, 0.4) is 0 Å². The van der Waals surface area contributed by atoms with Crippen LogP contribution in [0.25, 0.3) is 0 Å². The average Bonchev–Trinajstić information content (AvgIpc) is 3.28. The lowest BCUT2D eigenvalue weighted by Gasteiger charge is -2.60. The Labute approximate surface area is 182 Å². The Morgan fingerprint density at radius 2 is 1.93 bits per heavy atom. The van der Waals surface area contributed by atoms with Crippen molar-refractivity contribution in [3.8, 4) is 0 Å². The summed E-state index contributed by atoms with van der Waals surface area (Å²) in [5, 5.41) is 8.59. The summed E-state index contributed by atoms with van der Waals surface area (Å²) in [7, 11) is 0. The standard InChI is InChI=1S/C26H40N2O2/c1-17-5-8-23-22-7-6-19-16-20(27-29-14-11-21-15-18(2)30-28-21)9-12-26(19,4)24(22)10-13-25(17,23)3/h15,17,19,22-24H,5-14,16H2,1-4H3/t17-,19?,22?,23?,24?,25+,26-/m0/s1. The zero-order valence-corrected chi connectivity index (χ0v) is 19.5. The predicted molar refractivity (Wildman–Crippen MR) is 119 cm³/mol. The Morgan fingerprint density at radius 1 is 1.10 bits per heavy atom. The quantitative estimate of drug-likeness (QED) is 0.415. The zero-order valence-electron chi connectivity index (χ0n) is 19.5. The summed E-state index contributed by atoms with van der Waals surface area (Å²) < 4.78 is 5.12. The number of nitrogens with zero attached hydrogens (tertiary/aromatic N) is 2. The Hall–Kier alpha value is -1.32. The molecule has 166 valence electrons. The van der Waals surface area contributed by atoms with Crippen molar-refractivity contribution in [1.29, 1.82) is 0 Å². The molecule has 1 aromatic rings. The van der Waals surface area contributed by atoms with Gasteiger partial charge < -0.3 is 9.36 Å². The lowest BCUT2D eigenvalue weighted by atomic mass is 9.45. The van der Waals surface area contributed by atoms with Gasteiger partial charge in [0.2, 0.25) is 0 Å². The third kappa shape index (κ3) is 3.33. The molecule has 4 saturated carbocycles. The summed E-state index contributed by atoms with van der Waals surface area (Å²) in [5.41, 5.74) is 3.39. The van der Waals surface area contributed by atoms with Crippen molar-refractivity contribution in [3.05, 3.63) is 17.5 Å². The van der Waals surface area contributed by atoms with E-state index in [0.29, 0.717) is 17.4 Å². The molecule has 0 aliphatic heterocycles. The van der Waals surface area contributed by atoms with E-state index in [0.717, 1.165) is 60.3 Å². The van der Waals surface area contributed by atoms with E-state index in [1.54, 1.807) is 0 Å². The molecule has 0 radical (unpaired) electrons. The molecule has 1 heterocycles. The highest BCUT2D eigenvalue weighted by molar-refractivity contribution is 5.85. The zero-order chi connectivity index (χ0) is 20.9. The van der Waals surface area contributed by atoms with Crippen molar-refractivity contribution in [2.45, 2.75) is 91.9 Å². The van der Waals surface area contributed by atoms with Gasteiger partial charge in [-0.2, -0.15) is 0 Å². The lowest BCUT2D eigenvalue weighted by molar-refractivity contribution is -0.0994. The van der Waals surface area contributed by atoms with Crippen LogP contribution in [0.4, 0.5) is 0 Å². The first-order chi connectivity index (χ1) is 14.4. The van der Waals surface area contributed by atoms with Crippen molar-refractivity contribution in [2.75, 3.05) is 6.61 Å². The van der Waals surface area contributed by atoms with Gasteiger partial charge >= 0.3 is 0 Å². The average molecular weight is 413 g/mol. The highest BCUT2D eigenvalue weighted by atomic mass is 16.6. The number of oxime groups is 1. The molecule has 4 heteroatoms. The van der Waals surface area contributed by atoms with E-state index in [2.05, 4.69) is 31.1 Å². The molecule has 1 aromatic heterocycles. The van der Waals surface area contributed by atoms with E-state index in [-0.39, 0.29) is 0 Å². The molecular formula is C26H40N2O2. The van der Waals surface area contributed by atoms with Gasteiger partial charge in [0, 0.05) is 12.5 Å². The summed E-state index contributed by atoms with van der Waals surface area (Å²) in [4.78, 5) is 5.69. The molecule has 0 spiro atoms. The van der Waals surface area contributed by atoms with E-state index in [9.17, 15) is 0 Å². The summed E-state index contributed by atoms with van der Waals surface area (Å²) in [6, 6.07) is 1.97. The molecule has 0 amide bonds. The molecule has 4 fully saturated rings. The smallest absolute Gasteiger partial charge is 0.133 e. The van der Waals surface area contributed by atoms with Gasteiger partial charge in [0.15, 0.2) is 0 Å². The fourth-order valence-corrected chi connectivity index (χ4v) is 8.23. The van der Waals surface area contributed by atoms with Crippen molar-refractivity contribution < 1.29 is 9.36 Å². The van der Waals surface area contributed by atoms with E-state index in [1.807, 2.05) is 13.0 Å². The van der Waals surface area contributed by atoms with Gasteiger partial charge in [-0.15, -0.1) is 0 Å². The molecule has 5 rings (SSSR count). The second kappa shape index (κ2) is 7.67. The molecule has 0 N–H and O–H groups in total. The van der Waals surface area contributed by atoms with Crippen LogP contribution in [0, 0.1) is 47.3 Å². The molecule has 30 heavy (non-hydrogen) atoms. The minimum absolute atomic E-state index is 0.521. The van der Waals surface area contributed by atoms with Crippen LogP contribution in [0.1, 0.15) is 90.0 Å². The first kappa shape index (κ1) is 20.6. The highest BCUT2D eigenvalue weighted by Gasteiger charge is 2.59. The number of rotatable bonds is 4. The Balaban J connectivity index is 1.21. The third-order valence-electron chi connectivity index (χ3n) is 10.3. The van der Waals surface area contributed by atoms with E-state index < -0.39 is 0 Å². The summed E-state index contributed by atoms with van der Waals surface area (Å²) in [6.45, 7) is 10.3. The molecule has 0 aromatic carbocycles. The molecule has 4 nitrogen and oxygen atoms in total. The molecular weight excluding hydrogens is 372 g/mol. The third-order valence-corrected chi connectivity index (χ3v) is 10.3. The lowest BCUT2D eigenvalue weighted by Crippen LogP contribution is -2.53. The number of fused-ring (bicyclic) bond motifs is 5. The van der Waals surface area contributed by atoms with Crippen LogP contribution < -0.4 is 0 Å². The first-order valence-corrected chi connectivity index (χ1v) is 12.5. The van der Waals surface area contributed by atoms with Crippen LogP contribution in [0.5, 0.6) is 0 Å². The van der Waals surface area contributed by atoms with Gasteiger partial charge in [0.1, 0.15) is 12.4 Å². The van der Waals surface area contributed by atoms with Gasteiger partial charge in [-0.1, -0.05) is 31.1 Å². The van der Waals surface area contributed by atoms with Crippen LogP contribution >= 0.6 is 0 Å². The highest BCUT2D eigenvalue weighted by Crippen LogP contribution is 2.67. The maximum atomic E-state index is 5.69. The van der Waals surface area contributed by atoms with Crippen molar-refractivity contribution in [3.63, 3.8) is 0 Å². The Morgan fingerprint density at radius 3 is 2.73 bits per heavy atom. The SMILES string of the molecule is Cc1cc(CCON=C2CC[C@@]3(C)C(CCC4C3CC[C@@]3(C)C4CC[C@@H]3C)C2)no1. The summed E-state index contributed by atoms with van der Waals surface area (Å²) in [5.74, 6) is 5.50. The van der Waals surface area contributed by atoms with Gasteiger partial charge in [0.25, 0.3) is 0 Å². The van der Waals surface area contributed by atoms with E-state index in [1.165, 1.54) is 50.7 Å². The number of hydrogen-bond acceptors (Lipinski definition) is 4. The molecule has 4 aliphatic rings. The normalized spacial score (nSPS) is 44.4. The Bertz CT molecular complexity index is 801. The fourth-order valence-electron chi connectivity index (χ4n) is 8.23. The Kier molecular flexibility index (Phi) is 5.26. The van der Waals surface area contributed by atoms with Crippen LogP contribution in [-0.4, -0.2) is 17.5 Å². The molecule has 4 unspecified atom stereocenters. The molecule has 0 saturated heterocycles. The van der Waals surface area contributed by atoms with Crippen molar-refractivity contribution >= 4 is 5.71 Å². The molecule has 4 aliphatic carbocycles. The fraction of sp³-hybridized carbons (Fsp3) is 0.846. The predicted octanol–water partition coefficient (Wildman–Crippen LogP) is 6.58. The number of hydrogen-bond donors (Lipinski definition) is 0. The summed E-state index contributed by atoms with van der Waals surface area (Å²) >= 11 is 0. The molecule has 7 atom stereocenters. The van der Waals surface area contributed by atoms with Crippen molar-refractivity contribution in [2.24, 2.45) is 45.6 Å². The van der Waals surface area contributed by atoms with Crippen LogP contribution in [0.2, 0.25) is 0 Å². The van der Waals surface area contributed by atoms with Crippen LogP contribution in [-0.2, 0) is 11.3 Å². The largest absolute Gasteiger partial charge is 0.395 e. The first-order valence-electron chi connectivity index (χ1n) is 12.5. The molecule has 0 bridgehead atoms. The van der Waals surface area contributed by atoms with E-state index >= 15 is 0 Å². The van der Waals surface area contributed by atoms with Crippen LogP contribution in [0.15, 0.2) is 15.7 Å². The van der Waals surface area contributed by atoms with Gasteiger partial charge in [-0.25, -0.2) is 0 Å². The minimum atomic E-state index is 0.521. The van der Waals surface area contributed by atoms with Gasteiger partial charge in [-0.05, 0) is 105 Å². The van der Waals surface area contributed by atoms with Crippen molar-refractivity contribution in [1.82, 2.24) is 5.16 Å². The second-order valence-corrected chi connectivity index (χ2v) is 11.6. The maximum Gasteiger partial charge on any atom is 0.133 e. The number of aromatic nitrogens is 1. The monoisotopic (exact) mass is 412 g/mol. The van der Waals surface area contributed by atoms with Gasteiger partial charge in [-0.3, -0.25) is 0 Å². The summed E-state index contributed by atoms with van der Waals surface area (Å²) in [6.07, 6.45) is 13.1. The minimum Gasteiger partial charge on any atom is -0.395 e. The topological polar surface area (TPSA) is 47.6 Å². The van der Waals surface area contributed by atoms with Gasteiger partial charge in [0.05, 0.1) is 11.4 Å². The second-order valence-electron chi connectivity index (χ2n) is 11.6. The number of aryl methyl sites for hydroxylation is 1. The van der Waals surface area contributed by atoms with E-state index in [4.69, 9.17) is 9.36 Å². The maximum absolute atomic E-state index is 5.69.